The summed E-state index contributed by atoms with van der Waals surface area (Å²) in [6.45, 7) is 5.88. The topological polar surface area (TPSA) is 162 Å². The lowest BCUT2D eigenvalue weighted by atomic mass is 9.83. The molecule has 0 atom stereocenters. The molecular formula is C27H26N10O3. The lowest BCUT2D eigenvalue weighted by molar-refractivity contribution is 0.340. The molecule has 0 unspecified atom stereocenters. The van der Waals surface area contributed by atoms with Crippen molar-refractivity contribution in [2.45, 2.75) is 26.7 Å². The quantitative estimate of drug-likeness (QED) is 0.212. The number of benzene rings is 3. The molecule has 0 aliphatic heterocycles. The molecule has 3 aromatic carbocycles. The summed E-state index contributed by atoms with van der Waals surface area (Å²) in [5.74, 6) is 1.24. The highest BCUT2D eigenvalue weighted by molar-refractivity contribution is 5.82. The number of phenols is 2. The first-order valence-corrected chi connectivity index (χ1v) is 12.4. The van der Waals surface area contributed by atoms with Crippen molar-refractivity contribution in [3.05, 3.63) is 100 Å². The van der Waals surface area contributed by atoms with Crippen LogP contribution in [-0.4, -0.2) is 69.9 Å². The molecule has 5 rings (SSSR count). The van der Waals surface area contributed by atoms with E-state index in [0.29, 0.717) is 46.3 Å². The zero-order chi connectivity index (χ0) is 28.1. The minimum atomic E-state index is -0.577. The van der Waals surface area contributed by atoms with Gasteiger partial charge in [0.05, 0.1) is 19.0 Å². The molecule has 2 heterocycles. The van der Waals surface area contributed by atoms with Crippen LogP contribution in [0.3, 0.4) is 0 Å². The number of nitrogens with zero attached hydrogens (tertiary/aromatic N) is 10. The summed E-state index contributed by atoms with van der Waals surface area (Å²) in [6, 6.07) is 17.8. The van der Waals surface area contributed by atoms with Crippen molar-refractivity contribution >= 4 is 12.4 Å². The lowest BCUT2D eigenvalue weighted by Crippen LogP contribution is -2.07. The van der Waals surface area contributed by atoms with Crippen LogP contribution in [0.1, 0.15) is 52.3 Å². The van der Waals surface area contributed by atoms with Gasteiger partial charge in [0.2, 0.25) is 0 Å². The third-order valence-corrected chi connectivity index (χ3v) is 6.07. The minimum absolute atomic E-state index is 0.0466. The molecule has 2 aromatic heterocycles. The molecule has 2 N–H and O–H groups in total. The average Bonchev–Trinajstić information content (AvgIpc) is 3.56. The number of rotatable bonds is 9. The number of hydrogen-bond donors (Lipinski definition) is 2. The molecular weight excluding hydrogens is 512 g/mol. The average molecular weight is 539 g/mol. The van der Waals surface area contributed by atoms with Crippen molar-refractivity contribution in [1.82, 2.24) is 40.6 Å². The summed E-state index contributed by atoms with van der Waals surface area (Å²) in [4.78, 5) is 2.60. The van der Waals surface area contributed by atoms with Crippen LogP contribution >= 0.6 is 0 Å². The van der Waals surface area contributed by atoms with E-state index in [9.17, 15) is 10.2 Å². The van der Waals surface area contributed by atoms with Gasteiger partial charge in [-0.05, 0) is 107 Å². The fourth-order valence-electron chi connectivity index (χ4n) is 4.16. The summed E-state index contributed by atoms with van der Waals surface area (Å²) in [6.07, 6.45) is 3.19. The molecule has 0 fully saturated rings. The highest BCUT2D eigenvalue weighted by Gasteiger charge is 2.24. The Bertz CT molecular complexity index is 1590. The predicted octanol–water partition coefficient (Wildman–Crippen LogP) is 3.03. The second-order valence-corrected chi connectivity index (χ2v) is 8.80. The van der Waals surface area contributed by atoms with Crippen molar-refractivity contribution < 1.29 is 14.9 Å². The molecule has 0 saturated carbocycles. The number of phenolic OH excluding ortho intramolecular Hbond substituents is 2. The van der Waals surface area contributed by atoms with Gasteiger partial charge in [0, 0.05) is 17.0 Å². The maximum Gasteiger partial charge on any atom is 0.173 e. The molecule has 0 amide bonds. The van der Waals surface area contributed by atoms with E-state index >= 15 is 0 Å². The zero-order valence-corrected chi connectivity index (χ0v) is 22.0. The first-order valence-electron chi connectivity index (χ1n) is 12.4. The van der Waals surface area contributed by atoms with Gasteiger partial charge in [0.15, 0.2) is 11.6 Å². The Morgan fingerprint density at radius 3 is 1.82 bits per heavy atom. The fraction of sp³-hybridized carbons (Fsp3) is 0.185. The highest BCUT2D eigenvalue weighted by Crippen LogP contribution is 2.41. The zero-order valence-electron chi connectivity index (χ0n) is 22.0. The Hall–Kier alpha value is -5.46. The van der Waals surface area contributed by atoms with Gasteiger partial charge >= 0.3 is 0 Å². The first-order chi connectivity index (χ1) is 19.4. The number of aryl methyl sites for hydroxylation is 2. The van der Waals surface area contributed by atoms with E-state index in [1.165, 1.54) is 9.58 Å². The van der Waals surface area contributed by atoms with E-state index in [2.05, 4.69) is 41.3 Å². The molecule has 40 heavy (non-hydrogen) atoms. The highest BCUT2D eigenvalue weighted by atomic mass is 16.5. The SMILES string of the molecule is CCOc1cccc(C(c2cc(/C=N/n3nnnc3C)ccc2O)c2cc(/C=N/n3nnnc3C)ccc2O)c1. The largest absolute Gasteiger partial charge is 0.508 e. The second kappa shape index (κ2) is 11.5. The van der Waals surface area contributed by atoms with Crippen molar-refractivity contribution in [2.24, 2.45) is 10.2 Å². The molecule has 0 aliphatic carbocycles. The molecule has 5 aromatic rings. The third-order valence-electron chi connectivity index (χ3n) is 6.07. The van der Waals surface area contributed by atoms with E-state index in [4.69, 9.17) is 4.74 Å². The van der Waals surface area contributed by atoms with Gasteiger partial charge < -0.3 is 14.9 Å². The number of aromatic nitrogens is 8. The van der Waals surface area contributed by atoms with Gasteiger partial charge in [-0.25, -0.2) is 0 Å². The van der Waals surface area contributed by atoms with Crippen LogP contribution in [0.25, 0.3) is 0 Å². The molecule has 0 radical (unpaired) electrons. The number of hydrogen-bond acceptors (Lipinski definition) is 11. The lowest BCUT2D eigenvalue weighted by Gasteiger charge is -2.22. The first kappa shape index (κ1) is 26.2. The summed E-state index contributed by atoms with van der Waals surface area (Å²) in [5.41, 5.74) is 3.28. The third kappa shape index (κ3) is 5.67. The van der Waals surface area contributed by atoms with Gasteiger partial charge in [0.25, 0.3) is 0 Å². The predicted molar refractivity (Wildman–Crippen MR) is 146 cm³/mol. The number of tetrazole rings is 2. The molecule has 0 spiro atoms. The van der Waals surface area contributed by atoms with Crippen molar-refractivity contribution in [1.29, 1.82) is 0 Å². The maximum absolute atomic E-state index is 11.1. The van der Waals surface area contributed by atoms with Crippen molar-refractivity contribution in [3.63, 3.8) is 0 Å². The van der Waals surface area contributed by atoms with Gasteiger partial charge in [-0.2, -0.15) is 10.2 Å². The van der Waals surface area contributed by atoms with Gasteiger partial charge in [-0.15, -0.1) is 19.8 Å². The Balaban J connectivity index is 1.62. The van der Waals surface area contributed by atoms with Crippen LogP contribution in [0.4, 0.5) is 0 Å². The fourth-order valence-corrected chi connectivity index (χ4v) is 4.16. The van der Waals surface area contributed by atoms with Crippen LogP contribution in [-0.2, 0) is 0 Å². The summed E-state index contributed by atoms with van der Waals surface area (Å²) < 4.78 is 5.75. The van der Waals surface area contributed by atoms with Gasteiger partial charge in [-0.3, -0.25) is 0 Å². The van der Waals surface area contributed by atoms with Crippen LogP contribution in [0, 0.1) is 13.8 Å². The molecule has 202 valence electrons. The van der Waals surface area contributed by atoms with E-state index in [-0.39, 0.29) is 11.5 Å². The smallest absolute Gasteiger partial charge is 0.173 e. The van der Waals surface area contributed by atoms with E-state index in [1.807, 2.05) is 31.2 Å². The number of ether oxygens (including phenoxy) is 1. The Morgan fingerprint density at radius 1 is 0.800 bits per heavy atom. The molecule has 0 bridgehead atoms. The van der Waals surface area contributed by atoms with Crippen molar-refractivity contribution in [3.8, 4) is 17.2 Å². The standard InChI is InChI=1S/C27H26N10O3/c1-4-40-22-7-5-6-21(14-22)27(23-12-19(8-10-25(23)38)15-28-36-17(2)30-32-34-36)24-13-20(9-11-26(24)39)16-29-37-18(3)31-33-35-37/h5-16,27,38-39H,4H2,1-3H3/b28-15+,29-16+. The summed E-state index contributed by atoms with van der Waals surface area (Å²) >= 11 is 0. The molecule has 13 nitrogen and oxygen atoms in total. The molecule has 0 saturated heterocycles. The minimum Gasteiger partial charge on any atom is -0.508 e. The molecule has 13 heteroatoms. The summed E-state index contributed by atoms with van der Waals surface area (Å²) in [7, 11) is 0. The Morgan fingerprint density at radius 2 is 1.35 bits per heavy atom. The van der Waals surface area contributed by atoms with Crippen LogP contribution in [0.5, 0.6) is 17.2 Å². The molecule has 0 aliphatic rings. The maximum atomic E-state index is 11.1. The van der Waals surface area contributed by atoms with E-state index in [0.717, 1.165) is 5.56 Å². The normalized spacial score (nSPS) is 11.7. The Labute approximate surface area is 229 Å². The van der Waals surface area contributed by atoms with E-state index in [1.54, 1.807) is 62.7 Å². The van der Waals surface area contributed by atoms with Crippen LogP contribution < -0.4 is 4.74 Å². The monoisotopic (exact) mass is 538 g/mol. The second-order valence-electron chi connectivity index (χ2n) is 8.80. The van der Waals surface area contributed by atoms with Gasteiger partial charge in [0.1, 0.15) is 17.2 Å². The van der Waals surface area contributed by atoms with Crippen molar-refractivity contribution in [2.75, 3.05) is 6.61 Å². The van der Waals surface area contributed by atoms with Crippen LogP contribution in [0.15, 0.2) is 70.9 Å². The van der Waals surface area contributed by atoms with Gasteiger partial charge in [-0.1, -0.05) is 12.1 Å². The summed E-state index contributed by atoms with van der Waals surface area (Å²) in [5, 5.41) is 53.3. The Kier molecular flexibility index (Phi) is 7.53. The number of aromatic hydroxyl groups is 2. The van der Waals surface area contributed by atoms with E-state index < -0.39 is 5.92 Å². The van der Waals surface area contributed by atoms with Crippen LogP contribution in [0.2, 0.25) is 0 Å².